The Balaban J connectivity index is 1.96. The van der Waals surface area contributed by atoms with Gasteiger partial charge in [-0.15, -0.1) is 11.8 Å². The van der Waals surface area contributed by atoms with Crippen molar-refractivity contribution in [3.05, 3.63) is 40.5 Å². The van der Waals surface area contributed by atoms with Gasteiger partial charge in [0, 0.05) is 11.0 Å². The molecule has 1 N–H and O–H groups in total. The first-order valence-electron chi connectivity index (χ1n) is 6.93. The minimum atomic E-state index is -4.54. The molecule has 0 spiro atoms. The van der Waals surface area contributed by atoms with Crippen LogP contribution in [-0.4, -0.2) is 16.8 Å². The van der Waals surface area contributed by atoms with Crippen molar-refractivity contribution in [2.24, 2.45) is 0 Å². The number of carbonyl (C=O) groups is 1. The van der Waals surface area contributed by atoms with Crippen LogP contribution in [0.15, 0.2) is 33.7 Å². The van der Waals surface area contributed by atoms with E-state index in [0.29, 0.717) is 10.6 Å². The number of alkyl halides is 3. The maximum atomic E-state index is 12.8. The highest BCUT2D eigenvalue weighted by atomic mass is 35.5. The molecule has 1 aromatic heterocycles. The van der Waals surface area contributed by atoms with Gasteiger partial charge in [-0.05, 0) is 24.1 Å². The molecule has 0 saturated carbocycles. The van der Waals surface area contributed by atoms with Gasteiger partial charge < -0.3 is 4.52 Å². The van der Waals surface area contributed by atoms with E-state index in [4.69, 9.17) is 16.1 Å². The molecule has 130 valence electrons. The lowest BCUT2D eigenvalue weighted by Gasteiger charge is -2.10. The van der Waals surface area contributed by atoms with Crippen LogP contribution in [0.2, 0.25) is 5.02 Å². The molecule has 9 heteroatoms. The Kier molecular flexibility index (Phi) is 5.82. The second-order valence-corrected chi connectivity index (χ2v) is 6.70. The van der Waals surface area contributed by atoms with E-state index in [9.17, 15) is 18.0 Å². The summed E-state index contributed by atoms with van der Waals surface area (Å²) in [4.78, 5) is 12.1. The molecule has 0 radical (unpaired) electrons. The van der Waals surface area contributed by atoms with E-state index in [0.717, 1.165) is 23.9 Å². The monoisotopic (exact) mass is 378 g/mol. The van der Waals surface area contributed by atoms with Crippen LogP contribution in [0.3, 0.4) is 0 Å². The van der Waals surface area contributed by atoms with Crippen LogP contribution in [0.4, 0.5) is 19.1 Å². The van der Waals surface area contributed by atoms with Gasteiger partial charge in [0.2, 0.25) is 11.8 Å². The molecule has 1 amide bonds. The number of anilines is 1. The van der Waals surface area contributed by atoms with Gasteiger partial charge in [-0.2, -0.15) is 13.2 Å². The van der Waals surface area contributed by atoms with E-state index in [1.165, 1.54) is 6.07 Å². The Morgan fingerprint density at radius 2 is 2.08 bits per heavy atom. The summed E-state index contributed by atoms with van der Waals surface area (Å²) in [5.74, 6) is -0.119. The third kappa shape index (κ3) is 4.91. The van der Waals surface area contributed by atoms with Gasteiger partial charge in [-0.1, -0.05) is 30.6 Å². The summed E-state index contributed by atoms with van der Waals surface area (Å²) >= 11 is 6.52. The van der Waals surface area contributed by atoms with E-state index < -0.39 is 17.6 Å². The van der Waals surface area contributed by atoms with Crippen LogP contribution >= 0.6 is 23.4 Å². The molecule has 1 heterocycles. The predicted molar refractivity (Wildman–Crippen MR) is 86.4 cm³/mol. The van der Waals surface area contributed by atoms with Crippen molar-refractivity contribution in [1.82, 2.24) is 5.16 Å². The van der Waals surface area contributed by atoms with Gasteiger partial charge in [0.1, 0.15) is 0 Å². The lowest BCUT2D eigenvalue weighted by Crippen LogP contribution is -2.13. The minimum Gasteiger partial charge on any atom is -0.338 e. The van der Waals surface area contributed by atoms with Crippen LogP contribution in [-0.2, 0) is 11.0 Å². The van der Waals surface area contributed by atoms with Crippen molar-refractivity contribution in [2.45, 2.75) is 30.8 Å². The number of thioether (sulfide) groups is 1. The smallest absolute Gasteiger partial charge is 0.338 e. The first-order valence-corrected chi connectivity index (χ1v) is 8.29. The van der Waals surface area contributed by atoms with E-state index >= 15 is 0 Å². The molecule has 1 aromatic carbocycles. The average Bonchev–Trinajstić information content (AvgIpc) is 2.94. The average molecular weight is 379 g/mol. The number of carbonyl (C=O) groups excluding carboxylic acids is 1. The first-order chi connectivity index (χ1) is 11.2. The molecule has 24 heavy (non-hydrogen) atoms. The van der Waals surface area contributed by atoms with Crippen LogP contribution in [0, 0.1) is 0 Å². The lowest BCUT2D eigenvalue weighted by molar-refractivity contribution is -0.137. The Hall–Kier alpha value is -1.67. The molecule has 0 saturated heterocycles. The summed E-state index contributed by atoms with van der Waals surface area (Å²) in [7, 11) is 0. The van der Waals surface area contributed by atoms with Crippen LogP contribution in [0.5, 0.6) is 0 Å². The van der Waals surface area contributed by atoms with E-state index in [2.05, 4.69) is 10.5 Å². The van der Waals surface area contributed by atoms with Gasteiger partial charge in [-0.25, -0.2) is 0 Å². The molecule has 0 fully saturated rings. The lowest BCUT2D eigenvalue weighted by atomic mass is 10.1. The molecule has 2 rings (SSSR count). The number of hydrogen-bond acceptors (Lipinski definition) is 4. The maximum absolute atomic E-state index is 12.8. The van der Waals surface area contributed by atoms with Gasteiger partial charge in [0.25, 0.3) is 0 Å². The highest BCUT2D eigenvalue weighted by Gasteiger charge is 2.33. The van der Waals surface area contributed by atoms with Crippen LogP contribution < -0.4 is 5.32 Å². The van der Waals surface area contributed by atoms with Crippen molar-refractivity contribution in [3.8, 4) is 0 Å². The van der Waals surface area contributed by atoms with Gasteiger partial charge in [0.15, 0.2) is 0 Å². The summed E-state index contributed by atoms with van der Waals surface area (Å²) in [5.41, 5.74) is -0.225. The number of benzene rings is 1. The number of nitrogens with one attached hydrogen (secondary N) is 1. The summed E-state index contributed by atoms with van der Waals surface area (Å²) in [6.45, 7) is 3.86. The third-order valence-corrected chi connectivity index (χ3v) is 4.32. The van der Waals surface area contributed by atoms with Gasteiger partial charge in [0.05, 0.1) is 22.0 Å². The van der Waals surface area contributed by atoms with Crippen molar-refractivity contribution in [2.75, 3.05) is 11.1 Å². The Bertz CT molecular complexity index is 732. The Labute approximate surface area is 145 Å². The van der Waals surface area contributed by atoms with Crippen molar-refractivity contribution in [1.29, 1.82) is 0 Å². The molecule has 0 bridgehead atoms. The summed E-state index contributed by atoms with van der Waals surface area (Å²) in [6, 6.07) is 5.12. The SMILES string of the molecule is CC(C)c1cc(NC(=O)CSc2ccc(Cl)c(C(F)(F)F)c2)on1. The van der Waals surface area contributed by atoms with E-state index in [-0.39, 0.29) is 22.6 Å². The highest BCUT2D eigenvalue weighted by molar-refractivity contribution is 8.00. The fourth-order valence-electron chi connectivity index (χ4n) is 1.75. The zero-order valence-corrected chi connectivity index (χ0v) is 14.4. The van der Waals surface area contributed by atoms with Gasteiger partial charge >= 0.3 is 6.18 Å². The quantitative estimate of drug-likeness (QED) is 0.726. The molecule has 0 atom stereocenters. The second-order valence-electron chi connectivity index (χ2n) is 5.25. The Morgan fingerprint density at radius 1 is 1.38 bits per heavy atom. The third-order valence-electron chi connectivity index (χ3n) is 3.00. The number of hydrogen-bond donors (Lipinski definition) is 1. The molecule has 0 aliphatic carbocycles. The van der Waals surface area contributed by atoms with E-state index in [1.807, 2.05) is 13.8 Å². The second kappa shape index (κ2) is 7.48. The minimum absolute atomic E-state index is 0.0728. The zero-order valence-electron chi connectivity index (χ0n) is 12.8. The first kappa shape index (κ1) is 18.7. The van der Waals surface area contributed by atoms with E-state index in [1.54, 1.807) is 6.07 Å². The van der Waals surface area contributed by atoms with Crippen LogP contribution in [0.25, 0.3) is 0 Å². The largest absolute Gasteiger partial charge is 0.417 e. The van der Waals surface area contributed by atoms with Crippen LogP contribution in [0.1, 0.15) is 31.0 Å². The highest BCUT2D eigenvalue weighted by Crippen LogP contribution is 2.37. The van der Waals surface area contributed by atoms with Crippen molar-refractivity contribution < 1.29 is 22.5 Å². The standard InChI is InChI=1S/C15H14ClF3N2O2S/c1-8(2)12-6-14(23-21-12)20-13(22)7-24-9-3-4-11(16)10(5-9)15(17,18)19/h3-6,8H,7H2,1-2H3,(H,20,22). The van der Waals surface area contributed by atoms with Crippen molar-refractivity contribution >= 4 is 35.2 Å². The number of halogens is 4. The topological polar surface area (TPSA) is 55.1 Å². The number of nitrogens with zero attached hydrogens (tertiary/aromatic N) is 1. The molecule has 4 nitrogen and oxygen atoms in total. The van der Waals surface area contributed by atoms with Gasteiger partial charge in [-0.3, -0.25) is 10.1 Å². The fourth-order valence-corrected chi connectivity index (χ4v) is 2.71. The summed E-state index contributed by atoms with van der Waals surface area (Å²) in [5, 5.41) is 5.93. The molecular weight excluding hydrogens is 365 g/mol. The molecule has 0 aliphatic rings. The molecule has 0 aliphatic heterocycles. The number of aromatic nitrogens is 1. The molecule has 0 unspecified atom stereocenters. The zero-order chi connectivity index (χ0) is 17.9. The number of amides is 1. The predicted octanol–water partition coefficient (Wildman–Crippen LogP) is 5.20. The molecular formula is C15H14ClF3N2O2S. The molecule has 2 aromatic rings. The summed E-state index contributed by atoms with van der Waals surface area (Å²) < 4.78 is 43.3. The maximum Gasteiger partial charge on any atom is 0.417 e. The number of rotatable bonds is 5. The van der Waals surface area contributed by atoms with Crippen molar-refractivity contribution in [3.63, 3.8) is 0 Å². The summed E-state index contributed by atoms with van der Waals surface area (Å²) in [6.07, 6.45) is -4.54. The fraction of sp³-hybridized carbons (Fsp3) is 0.333. The normalized spacial score (nSPS) is 11.8. The Morgan fingerprint density at radius 3 is 2.67 bits per heavy atom.